The number of ether oxygens (including phenoxy) is 1. The quantitative estimate of drug-likeness (QED) is 0.821. The summed E-state index contributed by atoms with van der Waals surface area (Å²) in [5.41, 5.74) is 0.966. The molecule has 106 valence electrons. The third-order valence-corrected chi connectivity index (χ3v) is 3.63. The highest BCUT2D eigenvalue weighted by molar-refractivity contribution is 5.29. The summed E-state index contributed by atoms with van der Waals surface area (Å²) >= 11 is 0. The van der Waals surface area contributed by atoms with Gasteiger partial charge in [0.2, 0.25) is 0 Å². The van der Waals surface area contributed by atoms with E-state index in [0.717, 1.165) is 37.3 Å². The zero-order valence-corrected chi connectivity index (χ0v) is 11.8. The number of benzene rings is 1. The fraction of sp³-hybridized carbons (Fsp3) is 0.625. The summed E-state index contributed by atoms with van der Waals surface area (Å²) in [6.45, 7) is 6.18. The monoisotopic (exact) mass is 263 g/mol. The fourth-order valence-electron chi connectivity index (χ4n) is 2.51. The van der Waals surface area contributed by atoms with Gasteiger partial charge in [0.1, 0.15) is 5.75 Å². The van der Waals surface area contributed by atoms with Gasteiger partial charge in [-0.15, -0.1) is 0 Å². The lowest BCUT2D eigenvalue weighted by Gasteiger charge is -2.18. The predicted molar refractivity (Wildman–Crippen MR) is 77.5 cm³/mol. The Morgan fingerprint density at radius 2 is 2.11 bits per heavy atom. The van der Waals surface area contributed by atoms with Crippen molar-refractivity contribution in [2.24, 2.45) is 0 Å². The van der Waals surface area contributed by atoms with Crippen molar-refractivity contribution in [3.8, 4) is 5.75 Å². The first-order valence-corrected chi connectivity index (χ1v) is 7.43. The summed E-state index contributed by atoms with van der Waals surface area (Å²) in [5, 5.41) is 10.2. The van der Waals surface area contributed by atoms with Crippen LogP contribution in [0.5, 0.6) is 5.75 Å². The van der Waals surface area contributed by atoms with Gasteiger partial charge in [-0.1, -0.05) is 19.1 Å². The summed E-state index contributed by atoms with van der Waals surface area (Å²) in [6, 6.07) is 7.85. The molecule has 0 saturated carbocycles. The van der Waals surface area contributed by atoms with E-state index in [2.05, 4.69) is 11.8 Å². The van der Waals surface area contributed by atoms with Crippen molar-refractivity contribution in [2.75, 3.05) is 26.2 Å². The highest BCUT2D eigenvalue weighted by Crippen LogP contribution is 2.22. The Hall–Kier alpha value is -1.06. The number of likely N-dealkylation sites (tertiary alicyclic amines) is 1. The molecular weight excluding hydrogens is 238 g/mol. The van der Waals surface area contributed by atoms with Gasteiger partial charge in [-0.2, -0.15) is 0 Å². The van der Waals surface area contributed by atoms with Crippen molar-refractivity contribution < 1.29 is 9.84 Å². The maximum Gasteiger partial charge on any atom is 0.119 e. The zero-order chi connectivity index (χ0) is 13.5. The van der Waals surface area contributed by atoms with Crippen molar-refractivity contribution >= 4 is 0 Å². The molecule has 0 aromatic heterocycles. The first-order valence-electron chi connectivity index (χ1n) is 7.43. The van der Waals surface area contributed by atoms with Crippen LogP contribution in [0.4, 0.5) is 0 Å². The Morgan fingerprint density at radius 3 is 2.84 bits per heavy atom. The molecule has 19 heavy (non-hydrogen) atoms. The molecule has 1 unspecified atom stereocenters. The van der Waals surface area contributed by atoms with Crippen molar-refractivity contribution in [2.45, 2.75) is 38.7 Å². The molecule has 0 radical (unpaired) electrons. The lowest BCUT2D eigenvalue weighted by atomic mass is 10.1. The second kappa shape index (κ2) is 7.51. The average molecular weight is 263 g/mol. The van der Waals surface area contributed by atoms with Crippen LogP contribution in [0.25, 0.3) is 0 Å². The minimum absolute atomic E-state index is 0.384. The number of nitrogens with zero attached hydrogens (tertiary/aromatic N) is 1. The molecule has 0 amide bonds. The Morgan fingerprint density at radius 1 is 1.32 bits per heavy atom. The van der Waals surface area contributed by atoms with Crippen LogP contribution in [0.1, 0.15) is 44.3 Å². The van der Waals surface area contributed by atoms with Crippen LogP contribution in [0.3, 0.4) is 0 Å². The lowest BCUT2D eigenvalue weighted by molar-refractivity contribution is 0.148. The van der Waals surface area contributed by atoms with E-state index < -0.39 is 0 Å². The van der Waals surface area contributed by atoms with E-state index >= 15 is 0 Å². The number of hydrogen-bond donors (Lipinski definition) is 1. The van der Waals surface area contributed by atoms with Crippen LogP contribution < -0.4 is 4.74 Å². The molecule has 1 N–H and O–H groups in total. The largest absolute Gasteiger partial charge is 0.494 e. The van der Waals surface area contributed by atoms with Gasteiger partial charge in [0.15, 0.2) is 0 Å². The highest BCUT2D eigenvalue weighted by atomic mass is 16.5. The second-order valence-corrected chi connectivity index (χ2v) is 5.27. The zero-order valence-electron chi connectivity index (χ0n) is 11.8. The molecule has 3 heteroatoms. The topological polar surface area (TPSA) is 32.7 Å². The standard InChI is InChI=1S/C16H25NO2/c1-2-12-19-15-7-5-6-14(13-15)16(18)8-11-17-9-3-4-10-17/h5-7,13,16,18H,2-4,8-12H2,1H3. The second-order valence-electron chi connectivity index (χ2n) is 5.27. The van der Waals surface area contributed by atoms with Gasteiger partial charge in [-0.25, -0.2) is 0 Å². The maximum atomic E-state index is 10.2. The van der Waals surface area contributed by atoms with E-state index in [0.29, 0.717) is 0 Å². The summed E-state index contributed by atoms with van der Waals surface area (Å²) in [5.74, 6) is 0.861. The molecule has 1 aliphatic heterocycles. The number of hydrogen-bond acceptors (Lipinski definition) is 3. The van der Waals surface area contributed by atoms with E-state index in [9.17, 15) is 5.11 Å². The summed E-state index contributed by atoms with van der Waals surface area (Å²) in [6.07, 6.45) is 4.03. The first-order chi connectivity index (χ1) is 9.29. The fourth-order valence-corrected chi connectivity index (χ4v) is 2.51. The Balaban J connectivity index is 1.84. The summed E-state index contributed by atoms with van der Waals surface area (Å²) in [7, 11) is 0. The predicted octanol–water partition coefficient (Wildman–Crippen LogP) is 2.99. The first kappa shape index (κ1) is 14.4. The van der Waals surface area contributed by atoms with Crippen molar-refractivity contribution in [3.63, 3.8) is 0 Å². The van der Waals surface area contributed by atoms with Crippen LogP contribution >= 0.6 is 0 Å². The minimum atomic E-state index is -0.384. The molecule has 0 aliphatic carbocycles. The van der Waals surface area contributed by atoms with E-state index in [1.165, 1.54) is 25.9 Å². The van der Waals surface area contributed by atoms with Crippen LogP contribution in [0, 0.1) is 0 Å². The van der Waals surface area contributed by atoms with Gasteiger partial charge in [0.05, 0.1) is 12.7 Å². The number of aliphatic hydroxyl groups excluding tert-OH is 1. The molecule has 2 rings (SSSR count). The molecule has 1 aromatic carbocycles. The van der Waals surface area contributed by atoms with Crippen LogP contribution in [0.15, 0.2) is 24.3 Å². The molecule has 1 aromatic rings. The van der Waals surface area contributed by atoms with Gasteiger partial charge in [0.25, 0.3) is 0 Å². The summed E-state index contributed by atoms with van der Waals surface area (Å²) < 4.78 is 5.60. The van der Waals surface area contributed by atoms with Crippen molar-refractivity contribution in [3.05, 3.63) is 29.8 Å². The van der Waals surface area contributed by atoms with E-state index in [4.69, 9.17) is 4.74 Å². The average Bonchev–Trinajstić information content (AvgIpc) is 2.96. The molecule has 1 atom stereocenters. The Labute approximate surface area is 116 Å². The Bertz CT molecular complexity index is 375. The molecule has 1 saturated heterocycles. The third kappa shape index (κ3) is 4.51. The van der Waals surface area contributed by atoms with Crippen LogP contribution in [-0.4, -0.2) is 36.2 Å². The molecule has 1 aliphatic rings. The van der Waals surface area contributed by atoms with Crippen LogP contribution in [-0.2, 0) is 0 Å². The number of aliphatic hydroxyl groups is 1. The van der Waals surface area contributed by atoms with Gasteiger partial charge >= 0.3 is 0 Å². The molecule has 1 heterocycles. The van der Waals surface area contributed by atoms with E-state index in [-0.39, 0.29) is 6.10 Å². The maximum absolute atomic E-state index is 10.2. The number of rotatable bonds is 7. The molecule has 3 nitrogen and oxygen atoms in total. The van der Waals surface area contributed by atoms with E-state index in [1.807, 2.05) is 24.3 Å². The SMILES string of the molecule is CCCOc1cccc(C(O)CCN2CCCC2)c1. The molecule has 1 fully saturated rings. The normalized spacial score (nSPS) is 17.6. The van der Waals surface area contributed by atoms with Gasteiger partial charge < -0.3 is 14.7 Å². The Kier molecular flexibility index (Phi) is 5.67. The molecule has 0 bridgehead atoms. The van der Waals surface area contributed by atoms with Gasteiger partial charge in [-0.05, 0) is 56.5 Å². The molecular formula is C16H25NO2. The van der Waals surface area contributed by atoms with Crippen LogP contribution in [0.2, 0.25) is 0 Å². The van der Waals surface area contributed by atoms with Crippen molar-refractivity contribution in [1.29, 1.82) is 0 Å². The highest BCUT2D eigenvalue weighted by Gasteiger charge is 2.14. The van der Waals surface area contributed by atoms with E-state index in [1.54, 1.807) is 0 Å². The molecule has 0 spiro atoms. The minimum Gasteiger partial charge on any atom is -0.494 e. The smallest absolute Gasteiger partial charge is 0.119 e. The van der Waals surface area contributed by atoms with Crippen molar-refractivity contribution in [1.82, 2.24) is 4.90 Å². The van der Waals surface area contributed by atoms with Gasteiger partial charge in [0, 0.05) is 6.54 Å². The lowest BCUT2D eigenvalue weighted by Crippen LogP contribution is -2.22. The van der Waals surface area contributed by atoms with Gasteiger partial charge in [-0.3, -0.25) is 0 Å². The summed E-state index contributed by atoms with van der Waals surface area (Å²) in [4.78, 5) is 2.43. The third-order valence-electron chi connectivity index (χ3n) is 3.63.